The number of nitrogens with zero attached hydrogens (tertiary/aromatic N) is 3. The summed E-state index contributed by atoms with van der Waals surface area (Å²) in [4.78, 5) is 10.6. The maximum absolute atomic E-state index is 9.42. The molecule has 3 rings (SSSR count). The molecule has 3 N–H and O–H groups in total. The first-order chi connectivity index (χ1) is 8.79. The lowest BCUT2D eigenvalue weighted by Crippen LogP contribution is -2.48. The van der Waals surface area contributed by atoms with Gasteiger partial charge in [-0.3, -0.25) is 0 Å². The van der Waals surface area contributed by atoms with E-state index in [0.29, 0.717) is 19.8 Å². The van der Waals surface area contributed by atoms with E-state index in [0.717, 1.165) is 16.0 Å². The van der Waals surface area contributed by atoms with Crippen LogP contribution < -0.4 is 10.6 Å². The van der Waals surface area contributed by atoms with Gasteiger partial charge in [0.15, 0.2) is 5.82 Å². The number of nitrogen functional groups attached to an aromatic ring is 1. The molecule has 7 heteroatoms. The lowest BCUT2D eigenvalue weighted by Gasteiger charge is -2.35. The van der Waals surface area contributed by atoms with Crippen LogP contribution in [0.5, 0.6) is 0 Å². The van der Waals surface area contributed by atoms with E-state index in [-0.39, 0.29) is 18.6 Å². The largest absolute Gasteiger partial charge is 0.394 e. The second-order valence-corrected chi connectivity index (χ2v) is 5.06. The molecule has 0 aliphatic carbocycles. The van der Waals surface area contributed by atoms with Crippen molar-refractivity contribution in [3.05, 3.63) is 11.4 Å². The predicted octanol–water partition coefficient (Wildman–Crippen LogP) is 0.471. The van der Waals surface area contributed by atoms with Crippen LogP contribution in [0.15, 0.2) is 11.4 Å². The molecule has 0 bridgehead atoms. The van der Waals surface area contributed by atoms with E-state index in [9.17, 15) is 5.11 Å². The minimum Gasteiger partial charge on any atom is -0.394 e. The van der Waals surface area contributed by atoms with Crippen LogP contribution in [0.2, 0.25) is 0 Å². The number of aromatic nitrogens is 2. The minimum atomic E-state index is -0.0710. The normalized spacial score (nSPS) is 20.5. The van der Waals surface area contributed by atoms with Crippen molar-refractivity contribution in [2.24, 2.45) is 0 Å². The highest BCUT2D eigenvalue weighted by Crippen LogP contribution is 2.31. The Morgan fingerprint density at radius 1 is 1.56 bits per heavy atom. The minimum absolute atomic E-state index is 0.0385. The third-order valence-corrected chi connectivity index (χ3v) is 3.91. The highest BCUT2D eigenvalue weighted by atomic mass is 32.1. The van der Waals surface area contributed by atoms with Crippen LogP contribution in [-0.2, 0) is 4.74 Å². The SMILES string of the molecule is Nc1nc(N2CCOCC2CO)c2sccc2n1. The van der Waals surface area contributed by atoms with Gasteiger partial charge in [-0.05, 0) is 11.4 Å². The first-order valence-electron chi connectivity index (χ1n) is 5.75. The molecule has 1 saturated heterocycles. The van der Waals surface area contributed by atoms with Gasteiger partial charge in [0.2, 0.25) is 5.95 Å². The molecule has 0 radical (unpaired) electrons. The number of hydrogen-bond donors (Lipinski definition) is 2. The van der Waals surface area contributed by atoms with Gasteiger partial charge in [0.25, 0.3) is 0 Å². The number of thiophene rings is 1. The number of anilines is 2. The van der Waals surface area contributed by atoms with E-state index in [1.165, 1.54) is 0 Å². The molecule has 18 heavy (non-hydrogen) atoms. The highest BCUT2D eigenvalue weighted by Gasteiger charge is 2.26. The smallest absolute Gasteiger partial charge is 0.222 e. The van der Waals surface area contributed by atoms with Crippen molar-refractivity contribution in [1.82, 2.24) is 9.97 Å². The Hall–Kier alpha value is -1.44. The molecule has 0 aromatic carbocycles. The summed E-state index contributed by atoms with van der Waals surface area (Å²) in [6, 6.07) is 1.86. The van der Waals surface area contributed by atoms with E-state index in [4.69, 9.17) is 10.5 Å². The monoisotopic (exact) mass is 266 g/mol. The fourth-order valence-corrected chi connectivity index (χ4v) is 2.98. The second-order valence-electron chi connectivity index (χ2n) is 4.15. The molecular weight excluding hydrogens is 252 g/mol. The van der Waals surface area contributed by atoms with Crippen LogP contribution in [-0.4, -0.2) is 47.5 Å². The van der Waals surface area contributed by atoms with Gasteiger partial charge < -0.3 is 20.5 Å². The average Bonchev–Trinajstić information content (AvgIpc) is 2.85. The summed E-state index contributed by atoms with van der Waals surface area (Å²) in [6.07, 6.45) is 0. The Labute approximate surface area is 108 Å². The number of ether oxygens (including phenoxy) is 1. The zero-order valence-electron chi connectivity index (χ0n) is 9.74. The summed E-state index contributed by atoms with van der Waals surface area (Å²) in [7, 11) is 0. The van der Waals surface area contributed by atoms with Gasteiger partial charge >= 0.3 is 0 Å². The number of aliphatic hydroxyl groups excluding tert-OH is 1. The Bertz CT molecular complexity index is 559. The number of aliphatic hydroxyl groups is 1. The summed E-state index contributed by atoms with van der Waals surface area (Å²) in [5.41, 5.74) is 6.59. The van der Waals surface area contributed by atoms with Crippen LogP contribution in [0.4, 0.5) is 11.8 Å². The van der Waals surface area contributed by atoms with Gasteiger partial charge in [0, 0.05) is 6.54 Å². The zero-order valence-corrected chi connectivity index (χ0v) is 10.6. The van der Waals surface area contributed by atoms with Crippen molar-refractivity contribution < 1.29 is 9.84 Å². The van der Waals surface area contributed by atoms with Crippen LogP contribution >= 0.6 is 11.3 Å². The molecule has 3 heterocycles. The molecule has 1 unspecified atom stereocenters. The molecular formula is C11H14N4O2S. The summed E-state index contributed by atoms with van der Waals surface area (Å²) in [5.74, 6) is 1.06. The van der Waals surface area contributed by atoms with Gasteiger partial charge in [-0.1, -0.05) is 0 Å². The molecule has 1 aliphatic rings. The fourth-order valence-electron chi connectivity index (χ4n) is 2.15. The van der Waals surface area contributed by atoms with E-state index in [1.807, 2.05) is 11.4 Å². The Kier molecular flexibility index (Phi) is 3.02. The van der Waals surface area contributed by atoms with Crippen molar-refractivity contribution in [1.29, 1.82) is 0 Å². The Morgan fingerprint density at radius 2 is 2.44 bits per heavy atom. The number of nitrogens with two attached hydrogens (primary N) is 1. The molecule has 1 fully saturated rings. The fraction of sp³-hybridized carbons (Fsp3) is 0.455. The summed E-state index contributed by atoms with van der Waals surface area (Å²) < 4.78 is 6.38. The van der Waals surface area contributed by atoms with Crippen LogP contribution in [0.3, 0.4) is 0 Å². The van der Waals surface area contributed by atoms with Gasteiger partial charge in [-0.15, -0.1) is 11.3 Å². The third-order valence-electron chi connectivity index (χ3n) is 3.01. The van der Waals surface area contributed by atoms with Crippen molar-refractivity contribution in [3.8, 4) is 0 Å². The standard InChI is InChI=1S/C11H14N4O2S/c12-11-13-8-1-4-18-9(8)10(14-11)15-2-3-17-6-7(15)5-16/h1,4,7,16H,2-3,5-6H2,(H2,12,13,14). The number of fused-ring (bicyclic) bond motifs is 1. The highest BCUT2D eigenvalue weighted by molar-refractivity contribution is 7.17. The first-order valence-corrected chi connectivity index (χ1v) is 6.63. The predicted molar refractivity (Wildman–Crippen MR) is 70.9 cm³/mol. The summed E-state index contributed by atoms with van der Waals surface area (Å²) >= 11 is 1.58. The molecule has 1 atom stereocenters. The Balaban J connectivity index is 2.08. The number of hydrogen-bond acceptors (Lipinski definition) is 7. The van der Waals surface area contributed by atoms with Crippen LogP contribution in [0.25, 0.3) is 10.2 Å². The number of rotatable bonds is 2. The average molecular weight is 266 g/mol. The maximum atomic E-state index is 9.42. The maximum Gasteiger partial charge on any atom is 0.222 e. The topological polar surface area (TPSA) is 84.5 Å². The molecule has 0 saturated carbocycles. The molecule has 2 aromatic rings. The molecule has 2 aromatic heterocycles. The first kappa shape index (κ1) is 11.6. The van der Waals surface area contributed by atoms with Gasteiger partial charge in [0.1, 0.15) is 0 Å². The van der Waals surface area contributed by atoms with Crippen molar-refractivity contribution in [2.45, 2.75) is 6.04 Å². The second kappa shape index (κ2) is 4.68. The molecule has 6 nitrogen and oxygen atoms in total. The number of morpholine rings is 1. The lowest BCUT2D eigenvalue weighted by molar-refractivity contribution is 0.0724. The summed E-state index contributed by atoms with van der Waals surface area (Å²) in [5, 5.41) is 11.4. The van der Waals surface area contributed by atoms with E-state index in [2.05, 4.69) is 14.9 Å². The van der Waals surface area contributed by atoms with Gasteiger partial charge in [0.05, 0.1) is 36.1 Å². The van der Waals surface area contributed by atoms with E-state index >= 15 is 0 Å². The molecule has 96 valence electrons. The Morgan fingerprint density at radius 3 is 3.28 bits per heavy atom. The summed E-state index contributed by atoms with van der Waals surface area (Å²) in [6.45, 7) is 1.88. The molecule has 0 spiro atoms. The molecule has 1 aliphatic heterocycles. The zero-order chi connectivity index (χ0) is 12.5. The van der Waals surface area contributed by atoms with Crippen LogP contribution in [0, 0.1) is 0 Å². The van der Waals surface area contributed by atoms with E-state index < -0.39 is 0 Å². The van der Waals surface area contributed by atoms with Crippen molar-refractivity contribution in [2.75, 3.05) is 37.0 Å². The van der Waals surface area contributed by atoms with Gasteiger partial charge in [-0.25, -0.2) is 4.98 Å². The third kappa shape index (κ3) is 1.90. The van der Waals surface area contributed by atoms with Gasteiger partial charge in [-0.2, -0.15) is 4.98 Å². The molecule has 0 amide bonds. The van der Waals surface area contributed by atoms with E-state index in [1.54, 1.807) is 11.3 Å². The quantitative estimate of drug-likeness (QED) is 0.822. The van der Waals surface area contributed by atoms with Crippen molar-refractivity contribution in [3.63, 3.8) is 0 Å². The lowest BCUT2D eigenvalue weighted by atomic mass is 10.2. The van der Waals surface area contributed by atoms with Crippen molar-refractivity contribution >= 4 is 33.3 Å². The van der Waals surface area contributed by atoms with Crippen LogP contribution in [0.1, 0.15) is 0 Å².